The van der Waals surface area contributed by atoms with Crippen molar-refractivity contribution in [2.24, 2.45) is 11.3 Å². The summed E-state index contributed by atoms with van der Waals surface area (Å²) in [5.41, 5.74) is 0.675. The van der Waals surface area contributed by atoms with Gasteiger partial charge < -0.3 is 9.64 Å². The number of rotatable bonds is 5. The van der Waals surface area contributed by atoms with E-state index in [-0.39, 0.29) is 0 Å². The molecule has 0 bridgehead atoms. The zero-order valence-corrected chi connectivity index (χ0v) is 11.9. The average molecular weight is 239 g/mol. The minimum Gasteiger partial charge on any atom is -0.378 e. The van der Waals surface area contributed by atoms with Crippen LogP contribution in [0.1, 0.15) is 52.9 Å². The summed E-state index contributed by atoms with van der Waals surface area (Å²) in [6.45, 7) is 11.6. The maximum atomic E-state index is 5.96. The standard InChI is InChI=1S/C15H29NO/c1-4-16-8-6-15(7-9-16)11-14(12-15)17-10-5-13(2)3/h13-14H,4-12H2,1-3H3. The largest absolute Gasteiger partial charge is 0.378 e. The van der Waals surface area contributed by atoms with Crippen LogP contribution in [0.2, 0.25) is 0 Å². The lowest BCUT2D eigenvalue weighted by Gasteiger charge is -2.52. The molecule has 0 unspecified atom stereocenters. The van der Waals surface area contributed by atoms with Gasteiger partial charge in [0.25, 0.3) is 0 Å². The summed E-state index contributed by atoms with van der Waals surface area (Å²) < 4.78 is 5.96. The lowest BCUT2D eigenvalue weighted by atomic mass is 9.61. The highest BCUT2D eigenvalue weighted by Crippen LogP contribution is 2.50. The van der Waals surface area contributed by atoms with Gasteiger partial charge in [-0.1, -0.05) is 20.8 Å². The van der Waals surface area contributed by atoms with E-state index in [4.69, 9.17) is 4.74 Å². The van der Waals surface area contributed by atoms with Gasteiger partial charge in [0.05, 0.1) is 6.10 Å². The average Bonchev–Trinajstić information content (AvgIpc) is 2.27. The summed E-state index contributed by atoms with van der Waals surface area (Å²) in [5, 5.41) is 0. The van der Waals surface area contributed by atoms with Gasteiger partial charge in [-0.05, 0) is 63.1 Å². The highest BCUT2D eigenvalue weighted by molar-refractivity contribution is 4.97. The molecule has 2 aliphatic rings. The smallest absolute Gasteiger partial charge is 0.0585 e. The molecule has 0 radical (unpaired) electrons. The first-order valence-corrected chi connectivity index (χ1v) is 7.47. The topological polar surface area (TPSA) is 12.5 Å². The van der Waals surface area contributed by atoms with Crippen LogP contribution in [-0.2, 0) is 4.74 Å². The van der Waals surface area contributed by atoms with Crippen molar-refractivity contribution >= 4 is 0 Å². The first-order valence-electron chi connectivity index (χ1n) is 7.47. The molecule has 0 aromatic rings. The van der Waals surface area contributed by atoms with E-state index in [1.165, 1.54) is 51.7 Å². The van der Waals surface area contributed by atoms with Gasteiger partial charge >= 0.3 is 0 Å². The normalized spacial score (nSPS) is 25.4. The molecule has 0 atom stereocenters. The minimum absolute atomic E-state index is 0.585. The van der Waals surface area contributed by atoms with Gasteiger partial charge in [0.1, 0.15) is 0 Å². The fourth-order valence-corrected chi connectivity index (χ4v) is 3.25. The van der Waals surface area contributed by atoms with Crippen molar-refractivity contribution in [2.75, 3.05) is 26.2 Å². The van der Waals surface area contributed by atoms with Crippen molar-refractivity contribution in [3.8, 4) is 0 Å². The SMILES string of the molecule is CCN1CCC2(CC1)CC(OCCC(C)C)C2. The molecule has 0 aromatic heterocycles. The molecule has 0 aromatic carbocycles. The molecule has 2 nitrogen and oxygen atoms in total. The Morgan fingerprint density at radius 3 is 2.41 bits per heavy atom. The first kappa shape index (κ1) is 13.4. The molecule has 0 N–H and O–H groups in total. The molecular weight excluding hydrogens is 210 g/mol. The molecule has 17 heavy (non-hydrogen) atoms. The summed E-state index contributed by atoms with van der Waals surface area (Å²) in [7, 11) is 0. The fourth-order valence-electron chi connectivity index (χ4n) is 3.25. The van der Waals surface area contributed by atoms with Crippen molar-refractivity contribution in [3.05, 3.63) is 0 Å². The summed E-state index contributed by atoms with van der Waals surface area (Å²) >= 11 is 0. The van der Waals surface area contributed by atoms with E-state index in [1.54, 1.807) is 0 Å². The second kappa shape index (κ2) is 5.71. The number of piperidine rings is 1. The second-order valence-electron chi connectivity index (χ2n) is 6.52. The Morgan fingerprint density at radius 1 is 1.24 bits per heavy atom. The van der Waals surface area contributed by atoms with Crippen LogP contribution in [0.3, 0.4) is 0 Å². The van der Waals surface area contributed by atoms with Crippen molar-refractivity contribution in [2.45, 2.75) is 59.0 Å². The number of nitrogens with zero attached hydrogens (tertiary/aromatic N) is 1. The van der Waals surface area contributed by atoms with Crippen LogP contribution in [0.15, 0.2) is 0 Å². The van der Waals surface area contributed by atoms with E-state index in [0.29, 0.717) is 11.5 Å². The molecule has 2 fully saturated rings. The van der Waals surface area contributed by atoms with Crippen LogP contribution >= 0.6 is 0 Å². The van der Waals surface area contributed by atoms with Gasteiger partial charge in [-0.3, -0.25) is 0 Å². The lowest BCUT2D eigenvalue weighted by Crippen LogP contribution is -2.49. The molecule has 2 rings (SSSR count). The Bertz CT molecular complexity index is 223. The second-order valence-corrected chi connectivity index (χ2v) is 6.52. The third kappa shape index (κ3) is 3.45. The third-order valence-electron chi connectivity index (χ3n) is 4.73. The molecule has 0 amide bonds. The lowest BCUT2D eigenvalue weighted by molar-refractivity contribution is -0.106. The zero-order chi connectivity index (χ0) is 12.3. The Kier molecular flexibility index (Phi) is 4.48. The van der Waals surface area contributed by atoms with E-state index >= 15 is 0 Å². The Labute approximate surface area is 107 Å². The maximum absolute atomic E-state index is 5.96. The van der Waals surface area contributed by atoms with Gasteiger partial charge in [-0.15, -0.1) is 0 Å². The molecule has 100 valence electrons. The predicted molar refractivity (Wildman–Crippen MR) is 72.2 cm³/mol. The monoisotopic (exact) mass is 239 g/mol. The highest BCUT2D eigenvalue weighted by atomic mass is 16.5. The van der Waals surface area contributed by atoms with E-state index in [2.05, 4.69) is 25.7 Å². The van der Waals surface area contributed by atoms with E-state index in [9.17, 15) is 0 Å². The number of hydrogen-bond donors (Lipinski definition) is 0. The van der Waals surface area contributed by atoms with Crippen LogP contribution in [0.25, 0.3) is 0 Å². The predicted octanol–water partition coefficient (Wildman–Crippen LogP) is 3.31. The zero-order valence-electron chi connectivity index (χ0n) is 11.9. The van der Waals surface area contributed by atoms with Crippen LogP contribution in [0.5, 0.6) is 0 Å². The van der Waals surface area contributed by atoms with E-state index < -0.39 is 0 Å². The summed E-state index contributed by atoms with van der Waals surface area (Å²) in [4.78, 5) is 2.58. The van der Waals surface area contributed by atoms with Crippen molar-refractivity contribution in [1.82, 2.24) is 4.90 Å². The van der Waals surface area contributed by atoms with Gasteiger partial charge in [-0.2, -0.15) is 0 Å². The third-order valence-corrected chi connectivity index (χ3v) is 4.73. The molecule has 2 heteroatoms. The molecule has 1 spiro atoms. The van der Waals surface area contributed by atoms with E-state index in [0.717, 1.165) is 12.5 Å². The van der Waals surface area contributed by atoms with Crippen molar-refractivity contribution < 1.29 is 4.74 Å². The highest BCUT2D eigenvalue weighted by Gasteiger charge is 2.45. The Balaban J connectivity index is 1.61. The molecule has 1 aliphatic heterocycles. The Hall–Kier alpha value is -0.0800. The number of ether oxygens (including phenoxy) is 1. The van der Waals surface area contributed by atoms with Crippen LogP contribution in [-0.4, -0.2) is 37.2 Å². The van der Waals surface area contributed by atoms with Gasteiger partial charge in [0, 0.05) is 6.61 Å². The molecule has 1 saturated heterocycles. The van der Waals surface area contributed by atoms with Gasteiger partial charge in [0.15, 0.2) is 0 Å². The molecular formula is C15H29NO. The summed E-state index contributed by atoms with van der Waals surface area (Å²) in [6.07, 6.45) is 7.29. The van der Waals surface area contributed by atoms with Crippen molar-refractivity contribution in [3.63, 3.8) is 0 Å². The molecule has 1 saturated carbocycles. The summed E-state index contributed by atoms with van der Waals surface area (Å²) in [5.74, 6) is 0.775. The molecule has 1 heterocycles. The van der Waals surface area contributed by atoms with Gasteiger partial charge in [0.2, 0.25) is 0 Å². The minimum atomic E-state index is 0.585. The molecule has 1 aliphatic carbocycles. The van der Waals surface area contributed by atoms with Gasteiger partial charge in [-0.25, -0.2) is 0 Å². The van der Waals surface area contributed by atoms with Crippen molar-refractivity contribution in [1.29, 1.82) is 0 Å². The number of likely N-dealkylation sites (tertiary alicyclic amines) is 1. The van der Waals surface area contributed by atoms with Crippen LogP contribution in [0, 0.1) is 11.3 Å². The maximum Gasteiger partial charge on any atom is 0.0585 e. The first-order chi connectivity index (χ1) is 8.13. The van der Waals surface area contributed by atoms with E-state index in [1.807, 2.05) is 0 Å². The fraction of sp³-hybridized carbons (Fsp3) is 1.00. The van der Waals surface area contributed by atoms with Crippen LogP contribution in [0.4, 0.5) is 0 Å². The number of hydrogen-bond acceptors (Lipinski definition) is 2. The summed E-state index contributed by atoms with van der Waals surface area (Å²) in [6, 6.07) is 0. The Morgan fingerprint density at radius 2 is 1.88 bits per heavy atom. The quantitative estimate of drug-likeness (QED) is 0.730. The van der Waals surface area contributed by atoms with Crippen LogP contribution < -0.4 is 0 Å².